The maximum absolute atomic E-state index is 12.5. The fourth-order valence-corrected chi connectivity index (χ4v) is 3.95. The van der Waals surface area contributed by atoms with Crippen LogP contribution in [0.3, 0.4) is 0 Å². The summed E-state index contributed by atoms with van der Waals surface area (Å²) >= 11 is 0. The van der Waals surface area contributed by atoms with Gasteiger partial charge in [-0.1, -0.05) is 12.1 Å². The van der Waals surface area contributed by atoms with Gasteiger partial charge in [0, 0.05) is 26.0 Å². The third kappa shape index (κ3) is 2.93. The second-order valence-electron chi connectivity index (χ2n) is 7.11. The summed E-state index contributed by atoms with van der Waals surface area (Å²) in [5.74, 6) is 0.951. The molecule has 1 aromatic heterocycles. The van der Waals surface area contributed by atoms with Gasteiger partial charge in [-0.3, -0.25) is 4.79 Å². The van der Waals surface area contributed by atoms with Crippen molar-refractivity contribution in [1.29, 1.82) is 0 Å². The Morgan fingerprint density at radius 1 is 1.42 bits per heavy atom. The highest BCUT2D eigenvalue weighted by Gasteiger charge is 2.44. The zero-order valence-electron chi connectivity index (χ0n) is 14.1. The van der Waals surface area contributed by atoms with Crippen LogP contribution in [0.25, 0.3) is 11.1 Å². The average molecular weight is 328 g/mol. The number of carbonyl (C=O) groups excluding carboxylic acids is 1. The van der Waals surface area contributed by atoms with Crippen molar-refractivity contribution in [3.05, 3.63) is 29.7 Å². The molecule has 2 heterocycles. The number of amides is 1. The number of nitrogens with one attached hydrogen (secondary N) is 1. The highest BCUT2D eigenvalue weighted by molar-refractivity contribution is 5.79. The Morgan fingerprint density at radius 3 is 3.08 bits per heavy atom. The molecule has 4 rings (SSSR count). The summed E-state index contributed by atoms with van der Waals surface area (Å²) in [5, 5.41) is 3.11. The lowest BCUT2D eigenvalue weighted by molar-refractivity contribution is -0.156. The number of carbonyl (C=O) groups is 1. The van der Waals surface area contributed by atoms with E-state index in [2.05, 4.69) is 10.3 Å². The molecule has 0 unspecified atom stereocenters. The van der Waals surface area contributed by atoms with Crippen molar-refractivity contribution in [3.63, 3.8) is 0 Å². The third-order valence-electron chi connectivity index (χ3n) is 5.43. The Bertz CT molecular complexity index is 748. The van der Waals surface area contributed by atoms with E-state index in [1.807, 2.05) is 25.1 Å². The first-order chi connectivity index (χ1) is 11.7. The molecule has 2 aromatic rings. The van der Waals surface area contributed by atoms with Crippen molar-refractivity contribution in [2.24, 2.45) is 5.92 Å². The molecule has 0 radical (unpaired) electrons. The second kappa shape index (κ2) is 6.20. The van der Waals surface area contributed by atoms with Crippen molar-refractivity contribution >= 4 is 17.0 Å². The van der Waals surface area contributed by atoms with Gasteiger partial charge in [0.1, 0.15) is 5.52 Å². The van der Waals surface area contributed by atoms with Crippen LogP contribution in [-0.2, 0) is 16.0 Å². The molecular formula is C19H24N2O3. The standard InChI is InChI=1S/C19H24N2O3/c1-13-21-17-14(4-2-5-16(17)24-13)6-10-20-18(22)15-7-11-23-19(12-15)8-3-9-19/h2,4-5,15H,3,6-12H2,1H3,(H,20,22)/t15-/m0/s1. The van der Waals surface area contributed by atoms with Gasteiger partial charge in [-0.25, -0.2) is 4.98 Å². The molecule has 0 bridgehead atoms. The van der Waals surface area contributed by atoms with E-state index < -0.39 is 0 Å². The van der Waals surface area contributed by atoms with Crippen molar-refractivity contribution < 1.29 is 13.9 Å². The molecule has 1 saturated carbocycles. The molecule has 1 aromatic carbocycles. The molecule has 5 nitrogen and oxygen atoms in total. The molecule has 5 heteroatoms. The maximum Gasteiger partial charge on any atom is 0.223 e. The Kier molecular flexibility index (Phi) is 4.04. The number of para-hydroxylation sites is 1. The first-order valence-electron chi connectivity index (χ1n) is 8.92. The topological polar surface area (TPSA) is 64.4 Å². The van der Waals surface area contributed by atoms with Crippen LogP contribution in [0.4, 0.5) is 0 Å². The minimum atomic E-state index is 0.0179. The molecule has 1 N–H and O–H groups in total. The zero-order valence-corrected chi connectivity index (χ0v) is 14.1. The molecule has 2 fully saturated rings. The smallest absolute Gasteiger partial charge is 0.223 e. The number of fused-ring (bicyclic) bond motifs is 1. The maximum atomic E-state index is 12.5. The summed E-state index contributed by atoms with van der Waals surface area (Å²) in [7, 11) is 0. The number of ether oxygens (including phenoxy) is 1. The molecule has 128 valence electrons. The van der Waals surface area contributed by atoms with Crippen LogP contribution in [0, 0.1) is 12.8 Å². The normalized spacial score (nSPS) is 22.5. The van der Waals surface area contributed by atoms with Crippen molar-refractivity contribution in [1.82, 2.24) is 10.3 Å². The molecular weight excluding hydrogens is 304 g/mol. The van der Waals surface area contributed by atoms with Gasteiger partial charge in [0.15, 0.2) is 11.5 Å². The predicted octanol–water partition coefficient (Wildman–Crippen LogP) is 3.14. The van der Waals surface area contributed by atoms with Gasteiger partial charge >= 0.3 is 0 Å². The van der Waals surface area contributed by atoms with E-state index in [9.17, 15) is 4.79 Å². The highest BCUT2D eigenvalue weighted by Crippen LogP contribution is 2.44. The molecule has 24 heavy (non-hydrogen) atoms. The van der Waals surface area contributed by atoms with Crippen LogP contribution >= 0.6 is 0 Å². The van der Waals surface area contributed by atoms with E-state index in [1.165, 1.54) is 6.42 Å². The largest absolute Gasteiger partial charge is 0.441 e. The van der Waals surface area contributed by atoms with Gasteiger partial charge in [-0.15, -0.1) is 0 Å². The first-order valence-corrected chi connectivity index (χ1v) is 8.92. The van der Waals surface area contributed by atoms with E-state index in [1.54, 1.807) is 0 Å². The minimum absolute atomic E-state index is 0.0179. The second-order valence-corrected chi connectivity index (χ2v) is 7.11. The van der Waals surface area contributed by atoms with Crippen LogP contribution in [0.5, 0.6) is 0 Å². The summed E-state index contributed by atoms with van der Waals surface area (Å²) in [4.78, 5) is 16.9. The number of nitrogens with zero attached hydrogens (tertiary/aromatic N) is 1. The van der Waals surface area contributed by atoms with Crippen molar-refractivity contribution in [2.45, 2.75) is 51.0 Å². The van der Waals surface area contributed by atoms with Gasteiger partial charge < -0.3 is 14.5 Å². The summed E-state index contributed by atoms with van der Waals surface area (Å²) in [5.41, 5.74) is 2.85. The number of rotatable bonds is 4. The molecule has 1 amide bonds. The predicted molar refractivity (Wildman–Crippen MR) is 90.7 cm³/mol. The fraction of sp³-hybridized carbons (Fsp3) is 0.579. The van der Waals surface area contributed by atoms with Crippen LogP contribution in [0.15, 0.2) is 22.6 Å². The quantitative estimate of drug-likeness (QED) is 0.936. The van der Waals surface area contributed by atoms with Gasteiger partial charge in [0.2, 0.25) is 5.91 Å². The number of oxazole rings is 1. The van der Waals surface area contributed by atoms with Gasteiger partial charge in [0.05, 0.1) is 5.60 Å². The van der Waals surface area contributed by atoms with Crippen LogP contribution in [0.2, 0.25) is 0 Å². The Hall–Kier alpha value is -1.88. The lowest BCUT2D eigenvalue weighted by Gasteiger charge is -2.46. The van der Waals surface area contributed by atoms with Crippen molar-refractivity contribution in [2.75, 3.05) is 13.2 Å². The lowest BCUT2D eigenvalue weighted by atomic mass is 9.72. The van der Waals surface area contributed by atoms with Crippen molar-refractivity contribution in [3.8, 4) is 0 Å². The number of aryl methyl sites for hydroxylation is 1. The number of benzene rings is 1. The summed E-state index contributed by atoms with van der Waals surface area (Å²) in [6.45, 7) is 3.21. The van der Waals surface area contributed by atoms with E-state index in [-0.39, 0.29) is 17.4 Å². The number of aromatic nitrogens is 1. The SMILES string of the molecule is Cc1nc2c(CCNC(=O)[C@H]3CCOC4(CCC4)C3)cccc2o1. The number of hydrogen-bond acceptors (Lipinski definition) is 4. The van der Waals surface area contributed by atoms with E-state index in [0.29, 0.717) is 12.4 Å². The lowest BCUT2D eigenvalue weighted by Crippen LogP contribution is -2.49. The highest BCUT2D eigenvalue weighted by atomic mass is 16.5. The van der Waals surface area contributed by atoms with E-state index in [0.717, 1.165) is 55.4 Å². The van der Waals surface area contributed by atoms with E-state index in [4.69, 9.17) is 9.15 Å². The van der Waals surface area contributed by atoms with E-state index >= 15 is 0 Å². The molecule has 1 aliphatic heterocycles. The minimum Gasteiger partial charge on any atom is -0.441 e. The summed E-state index contributed by atoms with van der Waals surface area (Å²) in [6, 6.07) is 5.95. The van der Waals surface area contributed by atoms with Crippen LogP contribution < -0.4 is 5.32 Å². The summed E-state index contributed by atoms with van der Waals surface area (Å²) < 4.78 is 11.5. The molecule has 2 aliphatic rings. The van der Waals surface area contributed by atoms with Gasteiger partial charge in [0.25, 0.3) is 0 Å². The van der Waals surface area contributed by atoms with Gasteiger partial charge in [-0.2, -0.15) is 0 Å². The Labute approximate surface area is 141 Å². The number of hydrogen-bond donors (Lipinski definition) is 1. The Balaban J connectivity index is 1.34. The average Bonchev–Trinajstić information content (AvgIpc) is 2.94. The van der Waals surface area contributed by atoms with Crippen LogP contribution in [-0.4, -0.2) is 29.6 Å². The third-order valence-corrected chi connectivity index (χ3v) is 5.43. The fourth-order valence-electron chi connectivity index (χ4n) is 3.95. The summed E-state index contributed by atoms with van der Waals surface area (Å²) in [6.07, 6.45) is 5.95. The zero-order chi connectivity index (χ0) is 16.6. The molecule has 1 aliphatic carbocycles. The molecule has 1 atom stereocenters. The molecule has 1 spiro atoms. The first kappa shape index (κ1) is 15.6. The van der Waals surface area contributed by atoms with Crippen LogP contribution in [0.1, 0.15) is 43.6 Å². The Morgan fingerprint density at radius 2 is 2.29 bits per heavy atom. The molecule has 1 saturated heterocycles. The monoisotopic (exact) mass is 328 g/mol. The van der Waals surface area contributed by atoms with Gasteiger partial charge in [-0.05, 0) is 50.2 Å².